The molecule has 88 valence electrons. The van der Waals surface area contributed by atoms with Gasteiger partial charge < -0.3 is 14.6 Å². The normalized spacial score (nSPS) is 30.6. The Kier molecular flexibility index (Phi) is 4.38. The van der Waals surface area contributed by atoms with Gasteiger partial charge >= 0.3 is 0 Å². The maximum absolute atomic E-state index is 9.40. The summed E-state index contributed by atoms with van der Waals surface area (Å²) in [6, 6.07) is 0. The summed E-state index contributed by atoms with van der Waals surface area (Å²) in [6.07, 6.45) is 1.11. The van der Waals surface area contributed by atoms with Crippen molar-refractivity contribution in [2.45, 2.75) is 6.42 Å². The van der Waals surface area contributed by atoms with Crippen LogP contribution in [-0.2, 0) is 9.47 Å². The number of hydrogen-bond acceptors (Lipinski definition) is 4. The molecule has 0 aliphatic carbocycles. The molecule has 2 atom stereocenters. The summed E-state index contributed by atoms with van der Waals surface area (Å²) >= 11 is 0. The van der Waals surface area contributed by atoms with E-state index in [9.17, 15) is 5.11 Å². The first-order valence-corrected chi connectivity index (χ1v) is 5.89. The molecule has 2 heterocycles. The van der Waals surface area contributed by atoms with E-state index in [1.54, 1.807) is 0 Å². The molecule has 2 fully saturated rings. The van der Waals surface area contributed by atoms with E-state index in [1.165, 1.54) is 0 Å². The molecule has 0 bridgehead atoms. The van der Waals surface area contributed by atoms with Gasteiger partial charge in [0, 0.05) is 39.5 Å². The summed E-state index contributed by atoms with van der Waals surface area (Å²) in [5.41, 5.74) is 0. The minimum atomic E-state index is 0.283. The van der Waals surface area contributed by atoms with E-state index < -0.39 is 0 Å². The zero-order valence-corrected chi connectivity index (χ0v) is 9.23. The number of aliphatic hydroxyl groups excluding tert-OH is 1. The predicted octanol–water partition coefficient (Wildman–Crippen LogP) is -0.0364. The summed E-state index contributed by atoms with van der Waals surface area (Å²) in [4.78, 5) is 2.39. The lowest BCUT2D eigenvalue weighted by atomic mass is 9.92. The van der Waals surface area contributed by atoms with Gasteiger partial charge in [-0.1, -0.05) is 0 Å². The second kappa shape index (κ2) is 5.80. The van der Waals surface area contributed by atoms with Gasteiger partial charge in [0.1, 0.15) is 0 Å². The zero-order valence-electron chi connectivity index (χ0n) is 9.23. The first-order valence-electron chi connectivity index (χ1n) is 5.89. The lowest BCUT2D eigenvalue weighted by Gasteiger charge is -2.31. The highest BCUT2D eigenvalue weighted by atomic mass is 16.5. The van der Waals surface area contributed by atoms with Gasteiger partial charge in [0.05, 0.1) is 13.2 Å². The van der Waals surface area contributed by atoms with Crippen molar-refractivity contribution in [1.82, 2.24) is 4.90 Å². The maximum atomic E-state index is 9.40. The minimum absolute atomic E-state index is 0.283. The van der Waals surface area contributed by atoms with Crippen LogP contribution in [0.2, 0.25) is 0 Å². The Labute approximate surface area is 91.2 Å². The van der Waals surface area contributed by atoms with Crippen LogP contribution in [0.3, 0.4) is 0 Å². The summed E-state index contributed by atoms with van der Waals surface area (Å²) in [7, 11) is 0. The molecule has 4 nitrogen and oxygen atoms in total. The Morgan fingerprint density at radius 3 is 2.60 bits per heavy atom. The molecule has 2 aliphatic rings. The molecule has 0 aromatic carbocycles. The standard InChI is InChI=1S/C11H21NO3/c13-8-11(10-1-4-15-9-10)7-12-2-5-14-6-3-12/h10-11,13H,1-9H2. The van der Waals surface area contributed by atoms with Crippen LogP contribution >= 0.6 is 0 Å². The number of morpholine rings is 1. The molecule has 0 saturated carbocycles. The third-order valence-electron chi connectivity index (χ3n) is 3.46. The third kappa shape index (κ3) is 3.14. The number of hydrogen-bond donors (Lipinski definition) is 1. The highest BCUT2D eigenvalue weighted by Gasteiger charge is 2.27. The van der Waals surface area contributed by atoms with Gasteiger partial charge in [-0.25, -0.2) is 0 Å². The van der Waals surface area contributed by atoms with Crippen molar-refractivity contribution in [1.29, 1.82) is 0 Å². The average Bonchev–Trinajstić information content (AvgIpc) is 2.81. The average molecular weight is 215 g/mol. The molecule has 1 N–H and O–H groups in total. The first-order chi connectivity index (χ1) is 7.40. The molecule has 15 heavy (non-hydrogen) atoms. The lowest BCUT2D eigenvalue weighted by molar-refractivity contribution is 0.0171. The Balaban J connectivity index is 1.78. The number of rotatable bonds is 4. The Morgan fingerprint density at radius 2 is 2.00 bits per heavy atom. The largest absolute Gasteiger partial charge is 0.396 e. The molecule has 0 aromatic heterocycles. The Bertz CT molecular complexity index is 177. The van der Waals surface area contributed by atoms with Crippen LogP contribution in [0.25, 0.3) is 0 Å². The highest BCUT2D eigenvalue weighted by molar-refractivity contribution is 4.77. The van der Waals surface area contributed by atoms with Crippen molar-refractivity contribution in [3.8, 4) is 0 Å². The molecule has 2 unspecified atom stereocenters. The summed E-state index contributed by atoms with van der Waals surface area (Å²) in [6.45, 7) is 6.64. The quantitative estimate of drug-likeness (QED) is 0.715. The third-order valence-corrected chi connectivity index (χ3v) is 3.46. The zero-order chi connectivity index (χ0) is 10.5. The summed E-state index contributed by atoms with van der Waals surface area (Å²) in [5, 5.41) is 9.40. The fourth-order valence-corrected chi connectivity index (χ4v) is 2.40. The molecular formula is C11H21NO3. The minimum Gasteiger partial charge on any atom is -0.396 e. The van der Waals surface area contributed by atoms with Gasteiger partial charge in [0.25, 0.3) is 0 Å². The van der Waals surface area contributed by atoms with Gasteiger partial charge in [-0.2, -0.15) is 0 Å². The van der Waals surface area contributed by atoms with Crippen LogP contribution in [0.15, 0.2) is 0 Å². The van der Waals surface area contributed by atoms with E-state index >= 15 is 0 Å². The SMILES string of the molecule is OCC(CN1CCOCC1)C1CCOC1. The molecule has 2 rings (SSSR count). The van der Waals surface area contributed by atoms with Crippen LogP contribution in [0.4, 0.5) is 0 Å². The van der Waals surface area contributed by atoms with E-state index in [0.29, 0.717) is 11.8 Å². The topological polar surface area (TPSA) is 41.9 Å². The van der Waals surface area contributed by atoms with Crippen LogP contribution in [0.5, 0.6) is 0 Å². The van der Waals surface area contributed by atoms with Gasteiger partial charge in [-0.3, -0.25) is 4.90 Å². The smallest absolute Gasteiger partial charge is 0.0594 e. The molecule has 2 aliphatic heterocycles. The monoisotopic (exact) mass is 215 g/mol. The second-order valence-electron chi connectivity index (χ2n) is 4.48. The summed E-state index contributed by atoms with van der Waals surface area (Å²) < 4.78 is 10.7. The van der Waals surface area contributed by atoms with Crippen molar-refractivity contribution < 1.29 is 14.6 Å². The summed E-state index contributed by atoms with van der Waals surface area (Å²) in [5.74, 6) is 0.934. The Hall–Kier alpha value is -0.160. The highest BCUT2D eigenvalue weighted by Crippen LogP contribution is 2.22. The molecule has 2 saturated heterocycles. The molecule has 0 aromatic rings. The van der Waals surface area contributed by atoms with Crippen molar-refractivity contribution >= 4 is 0 Å². The van der Waals surface area contributed by atoms with Crippen molar-refractivity contribution in [2.75, 3.05) is 52.7 Å². The van der Waals surface area contributed by atoms with E-state index in [2.05, 4.69) is 4.90 Å². The Morgan fingerprint density at radius 1 is 1.20 bits per heavy atom. The van der Waals surface area contributed by atoms with Crippen LogP contribution in [-0.4, -0.2) is 62.7 Å². The van der Waals surface area contributed by atoms with Gasteiger partial charge in [0.2, 0.25) is 0 Å². The van der Waals surface area contributed by atoms with Gasteiger partial charge in [-0.15, -0.1) is 0 Å². The maximum Gasteiger partial charge on any atom is 0.0594 e. The van der Waals surface area contributed by atoms with E-state index in [1.807, 2.05) is 0 Å². The fraction of sp³-hybridized carbons (Fsp3) is 1.00. The van der Waals surface area contributed by atoms with Gasteiger partial charge in [-0.05, 0) is 18.3 Å². The molecule has 0 spiro atoms. The van der Waals surface area contributed by atoms with E-state index in [0.717, 1.165) is 52.5 Å². The van der Waals surface area contributed by atoms with Crippen LogP contribution in [0, 0.1) is 11.8 Å². The molecule has 0 radical (unpaired) electrons. The van der Waals surface area contributed by atoms with Crippen LogP contribution in [0.1, 0.15) is 6.42 Å². The second-order valence-corrected chi connectivity index (χ2v) is 4.48. The van der Waals surface area contributed by atoms with Crippen molar-refractivity contribution in [3.05, 3.63) is 0 Å². The van der Waals surface area contributed by atoms with Crippen molar-refractivity contribution in [3.63, 3.8) is 0 Å². The lowest BCUT2D eigenvalue weighted by Crippen LogP contribution is -2.41. The molecule has 0 amide bonds. The van der Waals surface area contributed by atoms with E-state index in [-0.39, 0.29) is 6.61 Å². The van der Waals surface area contributed by atoms with Gasteiger partial charge in [0.15, 0.2) is 0 Å². The first kappa shape index (κ1) is 11.3. The fourth-order valence-electron chi connectivity index (χ4n) is 2.40. The number of nitrogens with zero attached hydrogens (tertiary/aromatic N) is 1. The van der Waals surface area contributed by atoms with Crippen LogP contribution < -0.4 is 0 Å². The number of aliphatic hydroxyl groups is 1. The predicted molar refractivity (Wildman–Crippen MR) is 56.8 cm³/mol. The van der Waals surface area contributed by atoms with Crippen molar-refractivity contribution in [2.24, 2.45) is 11.8 Å². The molecule has 4 heteroatoms. The van der Waals surface area contributed by atoms with E-state index in [4.69, 9.17) is 9.47 Å². The molecular weight excluding hydrogens is 194 g/mol. The number of ether oxygens (including phenoxy) is 2.